The van der Waals surface area contributed by atoms with Gasteiger partial charge in [0.25, 0.3) is 5.91 Å². The molecule has 1 aliphatic rings. The summed E-state index contributed by atoms with van der Waals surface area (Å²) in [5.74, 6) is 0.720. The molecule has 3 aromatic carbocycles. The fraction of sp³-hybridized carbons (Fsp3) is 0.194. The van der Waals surface area contributed by atoms with Crippen LogP contribution in [0.4, 0.5) is 11.5 Å². The van der Waals surface area contributed by atoms with Gasteiger partial charge in [0.1, 0.15) is 11.6 Å². The summed E-state index contributed by atoms with van der Waals surface area (Å²) in [6.07, 6.45) is 3.60. The van der Waals surface area contributed by atoms with Gasteiger partial charge in [0, 0.05) is 18.7 Å². The number of piperidine rings is 1. The molecule has 2 heterocycles. The largest absolute Gasteiger partial charge is 0.493 e. The smallest absolute Gasteiger partial charge is 0.335 e. The number of aromatic nitrogens is 1. The third-order valence-corrected chi connectivity index (χ3v) is 6.74. The van der Waals surface area contributed by atoms with Crippen molar-refractivity contribution in [2.24, 2.45) is 5.92 Å². The molecule has 1 saturated heterocycles. The lowest BCUT2D eigenvalue weighted by molar-refractivity contribution is 0.0696. The molecule has 1 aromatic heterocycles. The molecule has 192 valence electrons. The summed E-state index contributed by atoms with van der Waals surface area (Å²) in [4.78, 5) is 30.8. The molecule has 5 rings (SSSR count). The van der Waals surface area contributed by atoms with Gasteiger partial charge >= 0.3 is 5.97 Å². The maximum Gasteiger partial charge on any atom is 0.335 e. The van der Waals surface area contributed by atoms with Crippen LogP contribution in [-0.2, 0) is 0 Å². The van der Waals surface area contributed by atoms with Crippen molar-refractivity contribution in [1.82, 2.24) is 4.98 Å². The number of carboxylic acids is 1. The quantitative estimate of drug-likeness (QED) is 0.304. The highest BCUT2D eigenvalue weighted by Crippen LogP contribution is 2.25. The van der Waals surface area contributed by atoms with Gasteiger partial charge in [-0.05, 0) is 72.4 Å². The maximum atomic E-state index is 12.8. The molecule has 0 spiro atoms. The van der Waals surface area contributed by atoms with E-state index in [2.05, 4.69) is 15.2 Å². The van der Waals surface area contributed by atoms with Crippen molar-refractivity contribution in [2.75, 3.05) is 29.9 Å². The van der Waals surface area contributed by atoms with Crippen molar-refractivity contribution in [3.05, 3.63) is 108 Å². The Kier molecular flexibility index (Phi) is 7.64. The number of aromatic carboxylic acids is 1. The zero-order chi connectivity index (χ0) is 26.3. The number of hydrogen-bond donors (Lipinski definition) is 2. The van der Waals surface area contributed by atoms with Crippen LogP contribution in [0.5, 0.6) is 5.75 Å². The van der Waals surface area contributed by atoms with Crippen LogP contribution in [0.2, 0.25) is 0 Å². The third-order valence-electron chi connectivity index (χ3n) is 6.74. The van der Waals surface area contributed by atoms with E-state index in [-0.39, 0.29) is 11.5 Å². The first kappa shape index (κ1) is 25.0. The molecule has 0 unspecified atom stereocenters. The van der Waals surface area contributed by atoms with Gasteiger partial charge in [-0.3, -0.25) is 4.79 Å². The van der Waals surface area contributed by atoms with Crippen molar-refractivity contribution in [2.45, 2.75) is 12.8 Å². The van der Waals surface area contributed by atoms with Crippen molar-refractivity contribution >= 4 is 23.4 Å². The van der Waals surface area contributed by atoms with Gasteiger partial charge in [-0.25, -0.2) is 9.78 Å². The molecule has 2 N–H and O–H groups in total. The lowest BCUT2D eigenvalue weighted by atomic mass is 9.98. The van der Waals surface area contributed by atoms with Crippen LogP contribution in [0.3, 0.4) is 0 Å². The van der Waals surface area contributed by atoms with Crippen LogP contribution < -0.4 is 15.0 Å². The summed E-state index contributed by atoms with van der Waals surface area (Å²) in [5, 5.41) is 12.1. The van der Waals surface area contributed by atoms with Crippen LogP contribution >= 0.6 is 0 Å². The fourth-order valence-electron chi connectivity index (χ4n) is 4.58. The van der Waals surface area contributed by atoms with E-state index >= 15 is 0 Å². The monoisotopic (exact) mass is 507 g/mol. The predicted octanol–water partition coefficient (Wildman–Crippen LogP) is 5.99. The predicted molar refractivity (Wildman–Crippen MR) is 148 cm³/mol. The zero-order valence-corrected chi connectivity index (χ0v) is 20.9. The van der Waals surface area contributed by atoms with Crippen LogP contribution in [0.15, 0.2) is 97.2 Å². The topological polar surface area (TPSA) is 91.8 Å². The van der Waals surface area contributed by atoms with Crippen molar-refractivity contribution in [1.29, 1.82) is 0 Å². The zero-order valence-electron chi connectivity index (χ0n) is 20.9. The van der Waals surface area contributed by atoms with Gasteiger partial charge in [-0.2, -0.15) is 0 Å². The summed E-state index contributed by atoms with van der Waals surface area (Å²) in [6.45, 7) is 2.27. The second kappa shape index (κ2) is 11.6. The van der Waals surface area contributed by atoms with Crippen LogP contribution in [-0.4, -0.2) is 41.7 Å². The minimum atomic E-state index is -0.959. The summed E-state index contributed by atoms with van der Waals surface area (Å²) < 4.78 is 5.86. The Morgan fingerprint density at radius 1 is 0.868 bits per heavy atom. The van der Waals surface area contributed by atoms with Crippen LogP contribution in [0, 0.1) is 5.92 Å². The summed E-state index contributed by atoms with van der Waals surface area (Å²) in [6, 6.07) is 28.0. The number of benzene rings is 3. The standard InChI is InChI=1S/C31H29N3O4/c35-30(25-9-4-8-24(18-25)23-6-2-1-3-7-23)33-27-12-13-29(32-20-27)34-16-14-22(15-17-34)21-38-28-11-5-10-26(19-28)31(36)37/h1-13,18-20,22H,14-17,21H2,(H,33,35)(H,36,37). The van der Waals surface area contributed by atoms with E-state index in [4.69, 9.17) is 9.84 Å². The average molecular weight is 508 g/mol. The number of carbonyl (C=O) groups excluding carboxylic acids is 1. The Bertz CT molecular complexity index is 1400. The molecule has 1 fully saturated rings. The van der Waals surface area contributed by atoms with Crippen molar-refractivity contribution < 1.29 is 19.4 Å². The molecular formula is C31H29N3O4. The number of hydrogen-bond acceptors (Lipinski definition) is 5. The van der Waals surface area contributed by atoms with Gasteiger partial charge in [-0.1, -0.05) is 48.5 Å². The molecule has 0 atom stereocenters. The Hall–Kier alpha value is -4.65. The van der Waals surface area contributed by atoms with E-state index in [1.54, 1.807) is 36.5 Å². The number of rotatable bonds is 8. The van der Waals surface area contributed by atoms with E-state index < -0.39 is 5.97 Å². The lowest BCUT2D eigenvalue weighted by Crippen LogP contribution is -2.36. The van der Waals surface area contributed by atoms with Gasteiger partial charge in [0.05, 0.1) is 24.1 Å². The van der Waals surface area contributed by atoms with Gasteiger partial charge in [-0.15, -0.1) is 0 Å². The Balaban J connectivity index is 1.12. The Labute approximate surface area is 221 Å². The number of carbonyl (C=O) groups is 2. The number of anilines is 2. The van der Waals surface area contributed by atoms with Crippen LogP contribution in [0.25, 0.3) is 11.1 Å². The summed E-state index contributed by atoms with van der Waals surface area (Å²) in [7, 11) is 0. The van der Waals surface area contributed by atoms with Crippen LogP contribution in [0.1, 0.15) is 33.6 Å². The minimum absolute atomic E-state index is 0.174. The minimum Gasteiger partial charge on any atom is -0.493 e. The first-order valence-electron chi connectivity index (χ1n) is 12.7. The first-order valence-corrected chi connectivity index (χ1v) is 12.7. The molecule has 0 radical (unpaired) electrons. The highest BCUT2D eigenvalue weighted by molar-refractivity contribution is 6.04. The summed E-state index contributed by atoms with van der Waals surface area (Å²) in [5.41, 5.74) is 3.53. The number of carboxylic acid groups (broad SMARTS) is 1. The number of nitrogens with one attached hydrogen (secondary N) is 1. The number of amides is 1. The normalized spacial score (nSPS) is 13.6. The number of ether oxygens (including phenoxy) is 1. The highest BCUT2D eigenvalue weighted by Gasteiger charge is 2.21. The van der Waals surface area contributed by atoms with E-state index in [0.717, 1.165) is 42.9 Å². The molecule has 1 amide bonds. The molecule has 1 aliphatic heterocycles. The van der Waals surface area contributed by atoms with Crippen molar-refractivity contribution in [3.8, 4) is 16.9 Å². The molecule has 0 saturated carbocycles. The SMILES string of the molecule is O=C(O)c1cccc(OCC2CCN(c3ccc(NC(=O)c4cccc(-c5ccccc5)c4)cn3)CC2)c1. The highest BCUT2D eigenvalue weighted by atomic mass is 16.5. The van der Waals surface area contributed by atoms with Crippen molar-refractivity contribution in [3.63, 3.8) is 0 Å². The maximum absolute atomic E-state index is 12.8. The molecule has 0 bridgehead atoms. The lowest BCUT2D eigenvalue weighted by Gasteiger charge is -2.32. The molecule has 7 heteroatoms. The fourth-order valence-corrected chi connectivity index (χ4v) is 4.58. The van der Waals surface area contributed by atoms with E-state index in [1.807, 2.05) is 60.7 Å². The number of pyridine rings is 1. The number of nitrogens with zero attached hydrogens (tertiary/aromatic N) is 2. The summed E-state index contributed by atoms with van der Waals surface area (Å²) >= 11 is 0. The van der Waals surface area contributed by atoms with Gasteiger partial charge < -0.3 is 20.1 Å². The Morgan fingerprint density at radius 3 is 2.34 bits per heavy atom. The molecular weight excluding hydrogens is 478 g/mol. The molecule has 7 nitrogen and oxygen atoms in total. The van der Waals surface area contributed by atoms with Gasteiger partial charge in [0.2, 0.25) is 0 Å². The molecule has 38 heavy (non-hydrogen) atoms. The Morgan fingerprint density at radius 2 is 1.61 bits per heavy atom. The second-order valence-electron chi connectivity index (χ2n) is 9.38. The van der Waals surface area contributed by atoms with E-state index in [9.17, 15) is 9.59 Å². The third kappa shape index (κ3) is 6.18. The second-order valence-corrected chi connectivity index (χ2v) is 9.38. The first-order chi connectivity index (χ1) is 18.5. The molecule has 4 aromatic rings. The molecule has 0 aliphatic carbocycles. The average Bonchev–Trinajstić information content (AvgIpc) is 2.97. The van der Waals surface area contributed by atoms with E-state index in [0.29, 0.717) is 29.5 Å². The van der Waals surface area contributed by atoms with E-state index in [1.165, 1.54) is 0 Å². The van der Waals surface area contributed by atoms with Gasteiger partial charge in [0.15, 0.2) is 0 Å².